The molecule has 5 rings (SSSR count). The molecule has 2 aromatic heterocycles. The molecule has 1 aromatic carbocycles. The molecule has 0 atom stereocenters. The number of fused-ring (bicyclic) bond motifs is 2. The minimum atomic E-state index is 0.595. The molecule has 0 saturated heterocycles. The Morgan fingerprint density at radius 1 is 1.11 bits per heavy atom. The van der Waals surface area contributed by atoms with Gasteiger partial charge in [-0.15, -0.1) is 0 Å². The van der Waals surface area contributed by atoms with Gasteiger partial charge < -0.3 is 4.57 Å². The predicted octanol–water partition coefficient (Wildman–Crippen LogP) is 4.57. The van der Waals surface area contributed by atoms with Crippen molar-refractivity contribution in [3.05, 3.63) is 59.3 Å². The molecule has 1 saturated carbocycles. The summed E-state index contributed by atoms with van der Waals surface area (Å²) >= 11 is 0. The van der Waals surface area contributed by atoms with Crippen LogP contribution in [0.2, 0.25) is 0 Å². The van der Waals surface area contributed by atoms with Crippen LogP contribution < -0.4 is 0 Å². The lowest BCUT2D eigenvalue weighted by molar-refractivity contribution is 0.243. The van der Waals surface area contributed by atoms with Crippen LogP contribution >= 0.6 is 0 Å². The Morgan fingerprint density at radius 2 is 1.96 bits per heavy atom. The number of hydrogen-bond donors (Lipinski definition) is 0. The van der Waals surface area contributed by atoms with Crippen LogP contribution in [-0.2, 0) is 26.6 Å². The van der Waals surface area contributed by atoms with Crippen molar-refractivity contribution in [2.24, 2.45) is 7.05 Å². The Bertz CT molecular complexity index is 952. The Balaban J connectivity index is 1.33. The molecular weight excluding hydrogens is 332 g/mol. The minimum absolute atomic E-state index is 0.595. The zero-order valence-corrected chi connectivity index (χ0v) is 16.2. The van der Waals surface area contributed by atoms with E-state index < -0.39 is 0 Å². The minimum Gasteiger partial charge on any atom is -0.350 e. The second kappa shape index (κ2) is 7.08. The van der Waals surface area contributed by atoms with Gasteiger partial charge in [-0.2, -0.15) is 0 Å². The molecule has 1 fully saturated rings. The predicted molar refractivity (Wildman–Crippen MR) is 109 cm³/mol. The van der Waals surface area contributed by atoms with Crippen molar-refractivity contribution in [3.8, 4) is 0 Å². The third kappa shape index (κ3) is 3.27. The van der Waals surface area contributed by atoms with Gasteiger partial charge in [0.15, 0.2) is 0 Å². The standard InChI is InChI=1S/C23H28N4/c1-26-14-19(20-9-5-6-10-22(20)26)16-27-12-11-21-18(15-27)13-24-23(25-21)17-7-3-2-4-8-17/h5-6,9-10,13-14,17H,2-4,7-8,11-12,15-16H2,1H3. The number of nitrogens with zero attached hydrogens (tertiary/aromatic N) is 4. The van der Waals surface area contributed by atoms with Gasteiger partial charge in [-0.05, 0) is 24.5 Å². The molecule has 140 valence electrons. The van der Waals surface area contributed by atoms with Gasteiger partial charge >= 0.3 is 0 Å². The molecule has 4 heteroatoms. The summed E-state index contributed by atoms with van der Waals surface area (Å²) < 4.78 is 2.24. The van der Waals surface area contributed by atoms with E-state index in [4.69, 9.17) is 9.97 Å². The van der Waals surface area contributed by atoms with Gasteiger partial charge in [-0.3, -0.25) is 4.90 Å². The van der Waals surface area contributed by atoms with E-state index >= 15 is 0 Å². The molecule has 4 nitrogen and oxygen atoms in total. The van der Waals surface area contributed by atoms with Crippen LogP contribution in [-0.4, -0.2) is 26.0 Å². The summed E-state index contributed by atoms with van der Waals surface area (Å²) in [6.07, 6.45) is 12.0. The maximum Gasteiger partial charge on any atom is 0.131 e. The highest BCUT2D eigenvalue weighted by Crippen LogP contribution is 2.31. The molecule has 27 heavy (non-hydrogen) atoms. The van der Waals surface area contributed by atoms with Crippen LogP contribution in [0.25, 0.3) is 10.9 Å². The van der Waals surface area contributed by atoms with E-state index in [-0.39, 0.29) is 0 Å². The Labute approximate surface area is 161 Å². The van der Waals surface area contributed by atoms with Crippen LogP contribution in [0.4, 0.5) is 0 Å². The number of hydrogen-bond acceptors (Lipinski definition) is 3. The van der Waals surface area contributed by atoms with Crippen molar-refractivity contribution in [1.82, 2.24) is 19.4 Å². The second-order valence-corrected chi connectivity index (χ2v) is 8.28. The van der Waals surface area contributed by atoms with E-state index in [1.807, 2.05) is 0 Å². The fourth-order valence-corrected chi connectivity index (χ4v) is 4.87. The van der Waals surface area contributed by atoms with E-state index in [1.165, 1.54) is 59.8 Å². The van der Waals surface area contributed by atoms with Crippen LogP contribution in [0.3, 0.4) is 0 Å². The van der Waals surface area contributed by atoms with Crippen molar-refractivity contribution in [3.63, 3.8) is 0 Å². The molecule has 1 aliphatic carbocycles. The van der Waals surface area contributed by atoms with Crippen LogP contribution in [0.15, 0.2) is 36.7 Å². The average molecular weight is 361 g/mol. The van der Waals surface area contributed by atoms with E-state index in [2.05, 4.69) is 53.2 Å². The first-order chi connectivity index (χ1) is 13.3. The quantitative estimate of drug-likeness (QED) is 0.686. The molecule has 0 spiro atoms. The SMILES string of the molecule is Cn1cc(CN2CCc3nc(C4CCCCC4)ncc3C2)c2ccccc21. The number of aromatic nitrogens is 3. The van der Waals surface area contributed by atoms with Gasteiger partial charge in [0, 0.05) is 73.6 Å². The maximum absolute atomic E-state index is 4.99. The molecule has 0 bridgehead atoms. The number of aryl methyl sites for hydroxylation is 1. The van der Waals surface area contributed by atoms with Gasteiger partial charge in [0.2, 0.25) is 0 Å². The maximum atomic E-state index is 4.99. The van der Waals surface area contributed by atoms with Crippen LogP contribution in [0, 0.1) is 0 Å². The first kappa shape index (κ1) is 16.9. The summed E-state index contributed by atoms with van der Waals surface area (Å²) in [5.74, 6) is 1.70. The van der Waals surface area contributed by atoms with Crippen molar-refractivity contribution >= 4 is 10.9 Å². The van der Waals surface area contributed by atoms with Gasteiger partial charge in [-0.25, -0.2) is 9.97 Å². The summed E-state index contributed by atoms with van der Waals surface area (Å²) in [5.41, 5.74) is 5.34. The monoisotopic (exact) mass is 360 g/mol. The first-order valence-electron chi connectivity index (χ1n) is 10.4. The van der Waals surface area contributed by atoms with E-state index in [1.54, 1.807) is 0 Å². The molecule has 1 aliphatic heterocycles. The molecule has 3 heterocycles. The lowest BCUT2D eigenvalue weighted by Gasteiger charge is -2.29. The third-order valence-corrected chi connectivity index (χ3v) is 6.38. The summed E-state index contributed by atoms with van der Waals surface area (Å²) in [6.45, 7) is 3.03. The van der Waals surface area contributed by atoms with E-state index in [0.717, 1.165) is 31.9 Å². The molecule has 3 aromatic rings. The van der Waals surface area contributed by atoms with Crippen molar-refractivity contribution in [2.75, 3.05) is 6.54 Å². The second-order valence-electron chi connectivity index (χ2n) is 8.28. The smallest absolute Gasteiger partial charge is 0.131 e. The highest BCUT2D eigenvalue weighted by atomic mass is 15.1. The van der Waals surface area contributed by atoms with Crippen LogP contribution in [0.1, 0.15) is 60.7 Å². The lowest BCUT2D eigenvalue weighted by atomic mass is 9.88. The topological polar surface area (TPSA) is 34.0 Å². The molecule has 0 unspecified atom stereocenters. The van der Waals surface area contributed by atoms with Gasteiger partial charge in [-0.1, -0.05) is 37.5 Å². The van der Waals surface area contributed by atoms with Crippen molar-refractivity contribution in [1.29, 1.82) is 0 Å². The first-order valence-corrected chi connectivity index (χ1v) is 10.4. The molecule has 0 amide bonds. The summed E-state index contributed by atoms with van der Waals surface area (Å²) in [6, 6.07) is 8.69. The fraction of sp³-hybridized carbons (Fsp3) is 0.478. The molecular formula is C23H28N4. The van der Waals surface area contributed by atoms with E-state index in [9.17, 15) is 0 Å². The zero-order valence-electron chi connectivity index (χ0n) is 16.2. The Hall–Kier alpha value is -2.20. The molecule has 0 N–H and O–H groups in total. The van der Waals surface area contributed by atoms with Gasteiger partial charge in [0.25, 0.3) is 0 Å². The van der Waals surface area contributed by atoms with Gasteiger partial charge in [0.05, 0.1) is 0 Å². The van der Waals surface area contributed by atoms with Crippen molar-refractivity contribution in [2.45, 2.75) is 57.5 Å². The highest BCUT2D eigenvalue weighted by molar-refractivity contribution is 5.83. The summed E-state index contributed by atoms with van der Waals surface area (Å²) in [7, 11) is 2.14. The summed E-state index contributed by atoms with van der Waals surface area (Å²) in [4.78, 5) is 12.3. The van der Waals surface area contributed by atoms with Crippen LogP contribution in [0.5, 0.6) is 0 Å². The molecule has 0 radical (unpaired) electrons. The van der Waals surface area contributed by atoms with Crippen molar-refractivity contribution < 1.29 is 0 Å². The Morgan fingerprint density at radius 3 is 2.85 bits per heavy atom. The lowest BCUT2D eigenvalue weighted by Crippen LogP contribution is -2.31. The summed E-state index contributed by atoms with van der Waals surface area (Å²) in [5, 5.41) is 1.37. The number of para-hydroxylation sites is 1. The largest absolute Gasteiger partial charge is 0.350 e. The number of rotatable bonds is 3. The van der Waals surface area contributed by atoms with E-state index in [0.29, 0.717) is 5.92 Å². The average Bonchev–Trinajstić information content (AvgIpc) is 3.04. The third-order valence-electron chi connectivity index (χ3n) is 6.38. The normalized spacial score (nSPS) is 18.7. The van der Waals surface area contributed by atoms with Gasteiger partial charge in [0.1, 0.15) is 5.82 Å². The number of benzene rings is 1. The molecule has 2 aliphatic rings. The Kier molecular flexibility index (Phi) is 4.44. The zero-order chi connectivity index (χ0) is 18.2. The fourth-order valence-electron chi connectivity index (χ4n) is 4.87. The highest BCUT2D eigenvalue weighted by Gasteiger charge is 2.23.